The Bertz CT molecular complexity index is 1190. The minimum absolute atomic E-state index is 0.00121. The zero-order valence-electron chi connectivity index (χ0n) is 13.9. The average Bonchev–Trinajstić information content (AvgIpc) is 3.18. The molecule has 0 atom stereocenters. The van der Waals surface area contributed by atoms with Gasteiger partial charge in [-0.05, 0) is 24.3 Å². The van der Waals surface area contributed by atoms with Crippen LogP contribution in [0.5, 0.6) is 0 Å². The molecule has 28 heavy (non-hydrogen) atoms. The number of imide groups is 1. The van der Waals surface area contributed by atoms with Crippen LogP contribution in [0, 0.1) is 10.1 Å². The number of nitro groups is 1. The molecule has 3 amide bonds. The number of carbonyl (C=O) groups excluding carboxylic acids is 3. The molecular formula is C17H10N4O5S2. The lowest BCUT2D eigenvalue weighted by atomic mass is 10.1. The molecule has 4 rings (SSSR count). The van der Waals surface area contributed by atoms with Crippen molar-refractivity contribution < 1.29 is 19.3 Å². The molecule has 0 spiro atoms. The van der Waals surface area contributed by atoms with Crippen LogP contribution in [0.4, 0.5) is 11.4 Å². The standard InChI is InChI=1S/C17H10N4O5S2/c18-13(22)7-27-17-19-10-5-4-8(6-12(10)28-17)20-15(23)9-2-1-3-11(21(25)26)14(9)16(20)24/h1-6H,7H2,(H2,18,22). The highest BCUT2D eigenvalue weighted by Crippen LogP contribution is 2.37. The maximum Gasteiger partial charge on any atom is 0.283 e. The second-order valence-electron chi connectivity index (χ2n) is 5.79. The number of thiazole rings is 1. The molecule has 0 bridgehead atoms. The van der Waals surface area contributed by atoms with Gasteiger partial charge in [0.2, 0.25) is 5.91 Å². The molecule has 1 aromatic heterocycles. The Labute approximate surface area is 165 Å². The van der Waals surface area contributed by atoms with Gasteiger partial charge in [0.1, 0.15) is 5.56 Å². The van der Waals surface area contributed by atoms with Crippen molar-refractivity contribution in [3.8, 4) is 0 Å². The van der Waals surface area contributed by atoms with Gasteiger partial charge in [0.15, 0.2) is 4.34 Å². The summed E-state index contributed by atoms with van der Waals surface area (Å²) in [5.74, 6) is -1.72. The zero-order chi connectivity index (χ0) is 20.0. The van der Waals surface area contributed by atoms with E-state index in [0.29, 0.717) is 20.2 Å². The molecule has 0 saturated carbocycles. The summed E-state index contributed by atoms with van der Waals surface area (Å²) in [6, 6.07) is 8.79. The number of benzene rings is 2. The predicted molar refractivity (Wildman–Crippen MR) is 104 cm³/mol. The van der Waals surface area contributed by atoms with Gasteiger partial charge in [0.25, 0.3) is 17.5 Å². The second-order valence-corrected chi connectivity index (χ2v) is 8.04. The number of primary amides is 1. The Kier molecular flexibility index (Phi) is 4.32. The average molecular weight is 414 g/mol. The number of hydrogen-bond donors (Lipinski definition) is 1. The summed E-state index contributed by atoms with van der Waals surface area (Å²) >= 11 is 2.49. The topological polar surface area (TPSA) is 136 Å². The van der Waals surface area contributed by atoms with E-state index < -0.39 is 28.3 Å². The van der Waals surface area contributed by atoms with E-state index in [9.17, 15) is 24.5 Å². The minimum Gasteiger partial charge on any atom is -0.369 e. The van der Waals surface area contributed by atoms with E-state index >= 15 is 0 Å². The van der Waals surface area contributed by atoms with Gasteiger partial charge >= 0.3 is 0 Å². The molecule has 3 aromatic rings. The lowest BCUT2D eigenvalue weighted by Crippen LogP contribution is -2.29. The van der Waals surface area contributed by atoms with Crippen molar-refractivity contribution in [1.82, 2.24) is 4.98 Å². The fourth-order valence-corrected chi connectivity index (χ4v) is 4.72. The normalized spacial score (nSPS) is 13.2. The zero-order valence-corrected chi connectivity index (χ0v) is 15.6. The Morgan fingerprint density at radius 1 is 1.25 bits per heavy atom. The van der Waals surface area contributed by atoms with Crippen LogP contribution in [0.15, 0.2) is 40.7 Å². The van der Waals surface area contributed by atoms with Crippen molar-refractivity contribution in [1.29, 1.82) is 0 Å². The molecule has 11 heteroatoms. The molecule has 0 fully saturated rings. The van der Waals surface area contributed by atoms with Crippen LogP contribution in [0.1, 0.15) is 20.7 Å². The van der Waals surface area contributed by atoms with E-state index in [1.54, 1.807) is 18.2 Å². The van der Waals surface area contributed by atoms with E-state index in [2.05, 4.69) is 4.98 Å². The SMILES string of the molecule is NC(=O)CSc1nc2ccc(N3C(=O)c4cccc([N+](=O)[O-])c4C3=O)cc2s1. The third kappa shape index (κ3) is 2.90. The number of thioether (sulfide) groups is 1. The highest BCUT2D eigenvalue weighted by Gasteiger charge is 2.41. The largest absolute Gasteiger partial charge is 0.369 e. The van der Waals surface area contributed by atoms with Crippen molar-refractivity contribution in [2.24, 2.45) is 5.73 Å². The lowest BCUT2D eigenvalue weighted by Gasteiger charge is -2.13. The third-order valence-corrected chi connectivity index (χ3v) is 6.22. The molecule has 2 aromatic carbocycles. The molecule has 0 radical (unpaired) electrons. The highest BCUT2D eigenvalue weighted by atomic mass is 32.2. The van der Waals surface area contributed by atoms with Gasteiger partial charge in [-0.3, -0.25) is 24.5 Å². The minimum atomic E-state index is -0.737. The van der Waals surface area contributed by atoms with Crippen molar-refractivity contribution in [3.05, 3.63) is 57.6 Å². The molecule has 2 N–H and O–H groups in total. The third-order valence-electron chi connectivity index (χ3n) is 4.04. The lowest BCUT2D eigenvalue weighted by molar-refractivity contribution is -0.385. The number of carbonyl (C=O) groups is 3. The van der Waals surface area contributed by atoms with Crippen LogP contribution in [0.2, 0.25) is 0 Å². The van der Waals surface area contributed by atoms with E-state index in [1.807, 2.05) is 0 Å². The molecule has 140 valence electrons. The number of nitro benzene ring substituents is 1. The number of fused-ring (bicyclic) bond motifs is 2. The molecule has 9 nitrogen and oxygen atoms in total. The molecule has 0 saturated heterocycles. The van der Waals surface area contributed by atoms with Gasteiger partial charge in [0, 0.05) is 6.07 Å². The van der Waals surface area contributed by atoms with Gasteiger partial charge < -0.3 is 5.73 Å². The van der Waals surface area contributed by atoms with Crippen molar-refractivity contribution >= 4 is 62.4 Å². The maximum absolute atomic E-state index is 12.8. The molecular weight excluding hydrogens is 404 g/mol. The van der Waals surface area contributed by atoms with E-state index in [-0.39, 0.29) is 16.9 Å². The van der Waals surface area contributed by atoms with Crippen LogP contribution in [0.3, 0.4) is 0 Å². The van der Waals surface area contributed by atoms with Crippen LogP contribution >= 0.6 is 23.1 Å². The van der Waals surface area contributed by atoms with Gasteiger partial charge in [-0.15, -0.1) is 11.3 Å². The maximum atomic E-state index is 12.8. The number of nitrogens with zero attached hydrogens (tertiary/aromatic N) is 3. The Hall–Kier alpha value is -3.31. The van der Waals surface area contributed by atoms with Gasteiger partial charge in [-0.1, -0.05) is 17.8 Å². The summed E-state index contributed by atoms with van der Waals surface area (Å²) in [4.78, 5) is 52.3. The van der Waals surface area contributed by atoms with E-state index in [0.717, 1.165) is 4.90 Å². The Morgan fingerprint density at radius 3 is 2.75 bits per heavy atom. The summed E-state index contributed by atoms with van der Waals surface area (Å²) in [5.41, 5.74) is 5.46. The highest BCUT2D eigenvalue weighted by molar-refractivity contribution is 8.01. The summed E-state index contributed by atoms with van der Waals surface area (Å²) in [5, 5.41) is 11.2. The number of nitrogens with two attached hydrogens (primary N) is 1. The molecule has 0 aliphatic carbocycles. The summed E-state index contributed by atoms with van der Waals surface area (Å²) in [6.45, 7) is 0. The van der Waals surface area contributed by atoms with Crippen LogP contribution < -0.4 is 10.6 Å². The first-order valence-corrected chi connectivity index (χ1v) is 9.65. The number of amides is 3. The number of aromatic nitrogens is 1. The van der Waals surface area contributed by atoms with Crippen molar-refractivity contribution in [3.63, 3.8) is 0 Å². The van der Waals surface area contributed by atoms with Gasteiger partial charge in [-0.2, -0.15) is 0 Å². The summed E-state index contributed by atoms with van der Waals surface area (Å²) in [7, 11) is 0. The molecule has 1 aliphatic heterocycles. The van der Waals surface area contributed by atoms with Crippen molar-refractivity contribution in [2.75, 3.05) is 10.7 Å². The first kappa shape index (κ1) is 18.1. The predicted octanol–water partition coefficient (Wildman–Crippen LogP) is 2.58. The van der Waals surface area contributed by atoms with Crippen LogP contribution in [-0.2, 0) is 4.79 Å². The Balaban J connectivity index is 1.73. The fourth-order valence-electron chi connectivity index (χ4n) is 2.88. The quantitative estimate of drug-likeness (QED) is 0.293. The Morgan fingerprint density at radius 2 is 2.04 bits per heavy atom. The first-order valence-electron chi connectivity index (χ1n) is 7.84. The smallest absolute Gasteiger partial charge is 0.283 e. The van der Waals surface area contributed by atoms with Gasteiger partial charge in [0.05, 0.1) is 32.1 Å². The van der Waals surface area contributed by atoms with Gasteiger partial charge in [-0.25, -0.2) is 9.88 Å². The van der Waals surface area contributed by atoms with Crippen LogP contribution in [-0.4, -0.2) is 33.4 Å². The first-order chi connectivity index (χ1) is 13.4. The number of hydrogen-bond acceptors (Lipinski definition) is 8. The number of anilines is 1. The molecule has 0 unspecified atom stereocenters. The summed E-state index contributed by atoms with van der Waals surface area (Å²) in [6.07, 6.45) is 0. The van der Waals surface area contributed by atoms with E-state index in [1.165, 1.54) is 41.3 Å². The second kappa shape index (κ2) is 6.69. The molecule has 2 heterocycles. The van der Waals surface area contributed by atoms with Crippen molar-refractivity contribution in [2.45, 2.75) is 4.34 Å². The van der Waals surface area contributed by atoms with E-state index in [4.69, 9.17) is 5.73 Å². The van der Waals surface area contributed by atoms with Crippen LogP contribution in [0.25, 0.3) is 10.2 Å². The molecule has 1 aliphatic rings. The fraction of sp³-hybridized carbons (Fsp3) is 0.0588. The number of rotatable bonds is 5. The summed E-state index contributed by atoms with van der Waals surface area (Å²) < 4.78 is 1.33. The monoisotopic (exact) mass is 414 g/mol.